The van der Waals surface area contributed by atoms with Gasteiger partial charge < -0.3 is 4.90 Å². The summed E-state index contributed by atoms with van der Waals surface area (Å²) < 4.78 is 0.939. The molecule has 0 bridgehead atoms. The van der Waals surface area contributed by atoms with Gasteiger partial charge in [-0.25, -0.2) is 0 Å². The third-order valence-corrected chi connectivity index (χ3v) is 4.12. The maximum atomic E-state index is 12.2. The standard InChI is InChI=1S/C12H14Cl2INO/c1-8(2)16(6-5-13)12(17)9-3-4-11(15)10(14)7-9/h3-4,7-8H,5-6H2,1-2H3. The van der Waals surface area contributed by atoms with E-state index in [1.165, 1.54) is 0 Å². The van der Waals surface area contributed by atoms with Crippen molar-refractivity contribution in [3.63, 3.8) is 0 Å². The number of nitrogens with zero attached hydrogens (tertiary/aromatic N) is 1. The number of carbonyl (C=O) groups excluding carboxylic acids is 1. The zero-order valence-corrected chi connectivity index (χ0v) is 13.4. The second kappa shape index (κ2) is 6.81. The Bertz CT molecular complexity index is 409. The van der Waals surface area contributed by atoms with Gasteiger partial charge in [-0.05, 0) is 54.6 Å². The molecule has 0 spiro atoms. The Balaban J connectivity index is 2.97. The van der Waals surface area contributed by atoms with E-state index in [4.69, 9.17) is 23.2 Å². The predicted octanol–water partition coefficient (Wildman–Crippen LogP) is 4.03. The van der Waals surface area contributed by atoms with Gasteiger partial charge >= 0.3 is 0 Å². The minimum atomic E-state index is -0.0287. The Morgan fingerprint density at radius 3 is 2.59 bits per heavy atom. The molecule has 0 saturated carbocycles. The van der Waals surface area contributed by atoms with Crippen LogP contribution >= 0.6 is 45.8 Å². The van der Waals surface area contributed by atoms with Gasteiger partial charge in [0, 0.05) is 27.6 Å². The number of alkyl halides is 1. The van der Waals surface area contributed by atoms with Crippen molar-refractivity contribution in [2.24, 2.45) is 0 Å². The van der Waals surface area contributed by atoms with Crippen molar-refractivity contribution in [2.45, 2.75) is 19.9 Å². The summed E-state index contributed by atoms with van der Waals surface area (Å²) >= 11 is 13.9. The number of amides is 1. The fraction of sp³-hybridized carbons (Fsp3) is 0.417. The summed E-state index contributed by atoms with van der Waals surface area (Å²) in [5, 5.41) is 0.603. The van der Waals surface area contributed by atoms with Crippen LogP contribution in [-0.2, 0) is 0 Å². The molecule has 1 rings (SSSR count). The van der Waals surface area contributed by atoms with E-state index in [2.05, 4.69) is 22.6 Å². The van der Waals surface area contributed by atoms with Crippen LogP contribution in [-0.4, -0.2) is 29.3 Å². The van der Waals surface area contributed by atoms with Crippen LogP contribution in [0.25, 0.3) is 0 Å². The summed E-state index contributed by atoms with van der Waals surface area (Å²) in [6.07, 6.45) is 0. The molecular formula is C12H14Cl2INO. The van der Waals surface area contributed by atoms with Crippen LogP contribution in [0.4, 0.5) is 0 Å². The zero-order chi connectivity index (χ0) is 13.0. The van der Waals surface area contributed by atoms with Gasteiger partial charge in [-0.2, -0.15) is 0 Å². The average Bonchev–Trinajstić information content (AvgIpc) is 2.28. The van der Waals surface area contributed by atoms with Gasteiger partial charge in [0.25, 0.3) is 5.91 Å². The number of hydrogen-bond donors (Lipinski definition) is 0. The molecule has 1 aromatic rings. The fourth-order valence-corrected chi connectivity index (χ4v) is 2.18. The molecule has 0 radical (unpaired) electrons. The molecule has 0 fully saturated rings. The lowest BCUT2D eigenvalue weighted by atomic mass is 10.1. The van der Waals surface area contributed by atoms with Crippen molar-refractivity contribution in [1.29, 1.82) is 0 Å². The van der Waals surface area contributed by atoms with Crippen LogP contribution < -0.4 is 0 Å². The summed E-state index contributed by atoms with van der Waals surface area (Å²) in [7, 11) is 0. The third kappa shape index (κ3) is 4.00. The molecule has 0 aliphatic carbocycles. The lowest BCUT2D eigenvalue weighted by Gasteiger charge is -2.26. The van der Waals surface area contributed by atoms with E-state index >= 15 is 0 Å². The second-order valence-corrected chi connectivity index (χ2v) is 5.86. The zero-order valence-electron chi connectivity index (χ0n) is 9.71. The largest absolute Gasteiger partial charge is 0.335 e. The minimum Gasteiger partial charge on any atom is -0.335 e. The van der Waals surface area contributed by atoms with Crippen molar-refractivity contribution >= 4 is 51.7 Å². The molecule has 0 unspecified atom stereocenters. The van der Waals surface area contributed by atoms with Gasteiger partial charge in [-0.15, -0.1) is 11.6 Å². The van der Waals surface area contributed by atoms with Crippen LogP contribution in [0.1, 0.15) is 24.2 Å². The van der Waals surface area contributed by atoms with E-state index in [0.717, 1.165) is 3.57 Å². The Morgan fingerprint density at radius 2 is 2.12 bits per heavy atom. The smallest absolute Gasteiger partial charge is 0.254 e. The minimum absolute atomic E-state index is 0.0287. The first-order valence-corrected chi connectivity index (χ1v) is 7.28. The molecule has 0 N–H and O–H groups in total. The summed E-state index contributed by atoms with van der Waals surface area (Å²) in [6, 6.07) is 5.46. The van der Waals surface area contributed by atoms with Crippen molar-refractivity contribution in [2.75, 3.05) is 12.4 Å². The Morgan fingerprint density at radius 1 is 1.47 bits per heavy atom. The number of carbonyl (C=O) groups is 1. The maximum absolute atomic E-state index is 12.2. The highest BCUT2D eigenvalue weighted by molar-refractivity contribution is 14.1. The first-order valence-electron chi connectivity index (χ1n) is 5.29. The van der Waals surface area contributed by atoms with E-state index in [1.807, 2.05) is 19.9 Å². The Hall–Kier alpha value is -0.0000000000000000555. The third-order valence-electron chi connectivity index (χ3n) is 2.38. The maximum Gasteiger partial charge on any atom is 0.254 e. The number of benzene rings is 1. The lowest BCUT2D eigenvalue weighted by molar-refractivity contribution is 0.0718. The molecule has 1 aromatic carbocycles. The molecule has 5 heteroatoms. The number of rotatable bonds is 4. The van der Waals surface area contributed by atoms with Gasteiger partial charge in [0.05, 0.1) is 5.02 Å². The van der Waals surface area contributed by atoms with Crippen LogP contribution in [0.5, 0.6) is 0 Å². The molecule has 0 aromatic heterocycles. The Kier molecular flexibility index (Phi) is 6.03. The number of halogens is 3. The van der Waals surface area contributed by atoms with Crippen molar-refractivity contribution in [3.05, 3.63) is 32.4 Å². The molecule has 1 amide bonds. The molecule has 94 valence electrons. The topological polar surface area (TPSA) is 20.3 Å². The Labute approximate surface area is 125 Å². The highest BCUT2D eigenvalue weighted by Crippen LogP contribution is 2.21. The molecule has 0 aliphatic rings. The SMILES string of the molecule is CC(C)N(CCCl)C(=O)c1ccc(I)c(Cl)c1. The average molecular weight is 386 g/mol. The molecule has 0 saturated heterocycles. The number of hydrogen-bond acceptors (Lipinski definition) is 1. The van der Waals surface area contributed by atoms with Gasteiger partial charge in [0.15, 0.2) is 0 Å². The normalized spacial score (nSPS) is 10.7. The summed E-state index contributed by atoms with van der Waals surface area (Å²) in [6.45, 7) is 4.49. The monoisotopic (exact) mass is 385 g/mol. The molecule has 0 heterocycles. The molecular weight excluding hydrogens is 372 g/mol. The van der Waals surface area contributed by atoms with Crippen molar-refractivity contribution in [1.82, 2.24) is 4.90 Å². The molecule has 17 heavy (non-hydrogen) atoms. The first-order chi connectivity index (χ1) is 7.97. The van der Waals surface area contributed by atoms with E-state index in [1.54, 1.807) is 17.0 Å². The van der Waals surface area contributed by atoms with E-state index in [9.17, 15) is 4.79 Å². The van der Waals surface area contributed by atoms with Crippen LogP contribution in [0.3, 0.4) is 0 Å². The molecule has 0 aliphatic heterocycles. The van der Waals surface area contributed by atoms with Crippen molar-refractivity contribution < 1.29 is 4.79 Å². The first kappa shape index (κ1) is 15.1. The van der Waals surface area contributed by atoms with E-state index in [-0.39, 0.29) is 11.9 Å². The van der Waals surface area contributed by atoms with E-state index < -0.39 is 0 Å². The molecule has 2 nitrogen and oxygen atoms in total. The summed E-state index contributed by atoms with van der Waals surface area (Å²) in [5.74, 6) is 0.404. The van der Waals surface area contributed by atoms with Gasteiger partial charge in [-0.3, -0.25) is 4.79 Å². The predicted molar refractivity (Wildman–Crippen MR) is 81.1 cm³/mol. The van der Waals surface area contributed by atoms with Crippen LogP contribution in [0.2, 0.25) is 5.02 Å². The van der Waals surface area contributed by atoms with E-state index in [0.29, 0.717) is 23.0 Å². The highest BCUT2D eigenvalue weighted by atomic mass is 127. The lowest BCUT2D eigenvalue weighted by Crippen LogP contribution is -2.38. The van der Waals surface area contributed by atoms with Gasteiger partial charge in [0.2, 0.25) is 0 Å². The fourth-order valence-electron chi connectivity index (χ4n) is 1.48. The van der Waals surface area contributed by atoms with Gasteiger partial charge in [-0.1, -0.05) is 11.6 Å². The second-order valence-electron chi connectivity index (χ2n) is 3.91. The van der Waals surface area contributed by atoms with Gasteiger partial charge in [0.1, 0.15) is 0 Å². The van der Waals surface area contributed by atoms with Crippen LogP contribution in [0, 0.1) is 3.57 Å². The molecule has 0 atom stereocenters. The quantitative estimate of drug-likeness (QED) is 0.565. The summed E-state index contributed by atoms with van der Waals surface area (Å²) in [5.41, 5.74) is 0.606. The highest BCUT2D eigenvalue weighted by Gasteiger charge is 2.18. The van der Waals surface area contributed by atoms with Crippen molar-refractivity contribution in [3.8, 4) is 0 Å². The summed E-state index contributed by atoms with van der Waals surface area (Å²) in [4.78, 5) is 14.0. The van der Waals surface area contributed by atoms with Crippen LogP contribution in [0.15, 0.2) is 18.2 Å².